The van der Waals surface area contributed by atoms with E-state index in [1.165, 1.54) is 6.07 Å². The first kappa shape index (κ1) is 9.38. The van der Waals surface area contributed by atoms with E-state index in [2.05, 4.69) is 14.9 Å². The van der Waals surface area contributed by atoms with Gasteiger partial charge in [0.05, 0.1) is 5.02 Å². The molecule has 0 spiro atoms. The number of hydrogen-bond acceptors (Lipinski definition) is 5. The van der Waals surface area contributed by atoms with Crippen molar-refractivity contribution in [3.05, 3.63) is 17.2 Å². The maximum Gasteiger partial charge on any atom is 0.296 e. The molecule has 1 aromatic carbocycles. The van der Waals surface area contributed by atoms with Gasteiger partial charge in [-0.2, -0.15) is 8.42 Å². The molecular weight excluding hydrogens is 232 g/mol. The van der Waals surface area contributed by atoms with Gasteiger partial charge in [-0.25, -0.2) is 0 Å². The molecule has 2 rings (SSSR count). The molecule has 2 aromatic rings. The molecule has 0 aliphatic heterocycles. The number of nitrogens with zero attached hydrogens (tertiary/aromatic N) is 2. The lowest BCUT2D eigenvalue weighted by atomic mass is 10.3. The summed E-state index contributed by atoms with van der Waals surface area (Å²) in [6.45, 7) is 0. The molecule has 6 nitrogen and oxygen atoms in total. The number of fused-ring (bicyclic) bond motifs is 1. The highest BCUT2D eigenvalue weighted by atomic mass is 35.5. The predicted molar refractivity (Wildman–Crippen MR) is 46.6 cm³/mol. The number of rotatable bonds is 1. The molecule has 1 heterocycles. The minimum Gasteiger partial charge on any atom is -0.335 e. The number of benzene rings is 1. The van der Waals surface area contributed by atoms with Gasteiger partial charge in [-0.1, -0.05) is 11.6 Å². The second-order valence-corrected chi connectivity index (χ2v) is 4.27. The Bertz CT molecular complexity index is 591. The topological polar surface area (TPSA) is 93.3 Å². The zero-order chi connectivity index (χ0) is 10.3. The lowest BCUT2D eigenvalue weighted by Crippen LogP contribution is -1.98. The maximum absolute atomic E-state index is 10.9. The summed E-state index contributed by atoms with van der Waals surface area (Å²) in [5.74, 6) is 0. The molecule has 0 saturated carbocycles. The average Bonchev–Trinajstić information content (AvgIpc) is 2.50. The fourth-order valence-corrected chi connectivity index (χ4v) is 1.83. The van der Waals surface area contributed by atoms with Crippen molar-refractivity contribution < 1.29 is 17.5 Å². The minimum absolute atomic E-state index is 0.0294. The molecule has 74 valence electrons. The fourth-order valence-electron chi connectivity index (χ4n) is 1.02. The number of aromatic nitrogens is 2. The van der Waals surface area contributed by atoms with Gasteiger partial charge in [0.15, 0.2) is 5.52 Å². The second-order valence-electron chi connectivity index (χ2n) is 2.47. The summed E-state index contributed by atoms with van der Waals surface area (Å²) in [5, 5.41) is 6.74. The third-order valence-electron chi connectivity index (χ3n) is 1.60. The summed E-state index contributed by atoms with van der Waals surface area (Å²) in [4.78, 5) is -0.377. The molecule has 0 unspecified atom stereocenters. The Balaban J connectivity index is 2.93. The van der Waals surface area contributed by atoms with Crippen molar-refractivity contribution in [2.75, 3.05) is 0 Å². The van der Waals surface area contributed by atoms with Crippen LogP contribution in [0.1, 0.15) is 0 Å². The standard InChI is InChI=1S/C6H3ClN2O4S/c7-3-1-2-4(14(10,11)12)5-6(3)13-9-8-5/h1-2H,(H,10,11,12). The predicted octanol–water partition coefficient (Wildman–Crippen LogP) is 1.12. The molecule has 0 saturated heterocycles. The molecule has 1 N–H and O–H groups in total. The Morgan fingerprint density at radius 1 is 1.43 bits per heavy atom. The van der Waals surface area contributed by atoms with Crippen LogP contribution >= 0.6 is 11.6 Å². The summed E-state index contributed by atoms with van der Waals surface area (Å²) in [5.41, 5.74) is -0.0539. The largest absolute Gasteiger partial charge is 0.335 e. The van der Waals surface area contributed by atoms with Gasteiger partial charge in [0.2, 0.25) is 5.58 Å². The quantitative estimate of drug-likeness (QED) is 0.744. The second kappa shape index (κ2) is 2.91. The van der Waals surface area contributed by atoms with Crippen LogP contribution in [-0.4, -0.2) is 23.3 Å². The monoisotopic (exact) mass is 234 g/mol. The van der Waals surface area contributed by atoms with Crippen LogP contribution in [0.25, 0.3) is 11.1 Å². The van der Waals surface area contributed by atoms with Gasteiger partial charge in [-0.3, -0.25) is 4.55 Å². The van der Waals surface area contributed by atoms with Crippen molar-refractivity contribution in [1.82, 2.24) is 10.4 Å². The van der Waals surface area contributed by atoms with E-state index in [1.54, 1.807) is 0 Å². The average molecular weight is 235 g/mol. The highest BCUT2D eigenvalue weighted by Crippen LogP contribution is 2.26. The first-order chi connectivity index (χ1) is 6.50. The summed E-state index contributed by atoms with van der Waals surface area (Å²) < 4.78 is 35.2. The SMILES string of the molecule is O=S(=O)(O)c1ccc(Cl)c2onnc12. The maximum atomic E-state index is 10.9. The molecule has 0 atom stereocenters. The zero-order valence-corrected chi connectivity index (χ0v) is 8.08. The van der Waals surface area contributed by atoms with Crippen LogP contribution in [0.4, 0.5) is 0 Å². The van der Waals surface area contributed by atoms with Gasteiger partial charge >= 0.3 is 0 Å². The molecule has 8 heteroatoms. The Morgan fingerprint density at radius 3 is 2.79 bits per heavy atom. The Morgan fingerprint density at radius 2 is 2.14 bits per heavy atom. The third kappa shape index (κ3) is 1.35. The summed E-state index contributed by atoms with van der Waals surface area (Å²) >= 11 is 5.67. The van der Waals surface area contributed by atoms with Crippen LogP contribution in [0.15, 0.2) is 21.6 Å². The van der Waals surface area contributed by atoms with Crippen molar-refractivity contribution in [2.45, 2.75) is 4.90 Å². The first-order valence-electron chi connectivity index (χ1n) is 3.38. The fraction of sp³-hybridized carbons (Fsp3) is 0. The van der Waals surface area contributed by atoms with Gasteiger partial charge < -0.3 is 4.52 Å². The third-order valence-corrected chi connectivity index (χ3v) is 2.78. The minimum atomic E-state index is -4.34. The van der Waals surface area contributed by atoms with Crippen LogP contribution in [0.2, 0.25) is 5.02 Å². The van der Waals surface area contributed by atoms with E-state index in [9.17, 15) is 8.42 Å². The van der Waals surface area contributed by atoms with Gasteiger partial charge in [0, 0.05) is 5.27 Å². The van der Waals surface area contributed by atoms with Crippen molar-refractivity contribution in [2.24, 2.45) is 0 Å². The molecule has 0 aliphatic carbocycles. The van der Waals surface area contributed by atoms with Crippen molar-refractivity contribution in [3.63, 3.8) is 0 Å². The van der Waals surface area contributed by atoms with Crippen LogP contribution < -0.4 is 0 Å². The lowest BCUT2D eigenvalue weighted by molar-refractivity contribution is 0.424. The summed E-state index contributed by atoms with van der Waals surface area (Å²) in [6, 6.07) is 2.41. The van der Waals surface area contributed by atoms with Gasteiger partial charge in [-0.15, -0.1) is 5.10 Å². The summed E-state index contributed by atoms with van der Waals surface area (Å²) in [6.07, 6.45) is 0. The van der Waals surface area contributed by atoms with Crippen LogP contribution in [0, 0.1) is 0 Å². The highest BCUT2D eigenvalue weighted by molar-refractivity contribution is 7.86. The molecule has 0 aliphatic rings. The Hall–Kier alpha value is -1.18. The highest BCUT2D eigenvalue weighted by Gasteiger charge is 2.19. The molecule has 0 radical (unpaired) electrons. The molecular formula is C6H3ClN2O4S. The van der Waals surface area contributed by atoms with Crippen molar-refractivity contribution in [3.8, 4) is 0 Å². The van der Waals surface area contributed by atoms with E-state index in [-0.39, 0.29) is 21.0 Å². The molecule has 1 aromatic heterocycles. The molecule has 14 heavy (non-hydrogen) atoms. The van der Waals surface area contributed by atoms with Crippen molar-refractivity contribution >= 4 is 32.8 Å². The smallest absolute Gasteiger partial charge is 0.296 e. The van der Waals surface area contributed by atoms with Gasteiger partial charge in [-0.05, 0) is 12.1 Å². The number of hydrogen-bond donors (Lipinski definition) is 1. The Labute approximate surface area is 83.2 Å². The van der Waals surface area contributed by atoms with Crippen LogP contribution in [0.3, 0.4) is 0 Å². The van der Waals surface area contributed by atoms with E-state index in [1.807, 2.05) is 0 Å². The Kier molecular flexibility index (Phi) is 1.95. The molecule has 0 bridgehead atoms. The van der Waals surface area contributed by atoms with Crippen LogP contribution in [-0.2, 0) is 10.1 Å². The zero-order valence-electron chi connectivity index (χ0n) is 6.51. The van der Waals surface area contributed by atoms with E-state index < -0.39 is 10.1 Å². The molecule has 0 fully saturated rings. The lowest BCUT2D eigenvalue weighted by Gasteiger charge is -1.96. The van der Waals surface area contributed by atoms with Crippen molar-refractivity contribution in [1.29, 1.82) is 0 Å². The van der Waals surface area contributed by atoms with Gasteiger partial charge in [0.1, 0.15) is 4.90 Å². The van der Waals surface area contributed by atoms with Crippen LogP contribution in [0.5, 0.6) is 0 Å². The molecule has 0 amide bonds. The normalized spacial score (nSPS) is 12.1. The van der Waals surface area contributed by atoms with E-state index in [0.717, 1.165) is 6.07 Å². The van der Waals surface area contributed by atoms with E-state index in [0.29, 0.717) is 0 Å². The summed E-state index contributed by atoms with van der Waals surface area (Å²) in [7, 11) is -4.34. The van der Waals surface area contributed by atoms with E-state index in [4.69, 9.17) is 16.2 Å². The van der Waals surface area contributed by atoms with E-state index >= 15 is 0 Å². The number of halogens is 1. The van der Waals surface area contributed by atoms with Gasteiger partial charge in [0.25, 0.3) is 10.1 Å². The first-order valence-corrected chi connectivity index (χ1v) is 5.20.